The standard InChI is InChI=1S/C14H18BrNO2/c1-18-12-6-4-5-11-7-8-13(17)16(14(11)12)10-3-2-9-15/h4-6H,2-3,7-10H2,1H3. The summed E-state index contributed by atoms with van der Waals surface area (Å²) >= 11 is 3.42. The minimum atomic E-state index is 0.210. The summed E-state index contributed by atoms with van der Waals surface area (Å²) in [5.41, 5.74) is 2.19. The van der Waals surface area contributed by atoms with Gasteiger partial charge in [0.1, 0.15) is 5.75 Å². The van der Waals surface area contributed by atoms with E-state index in [-0.39, 0.29) is 5.91 Å². The van der Waals surface area contributed by atoms with Crippen molar-refractivity contribution < 1.29 is 9.53 Å². The Morgan fingerprint density at radius 3 is 2.89 bits per heavy atom. The molecule has 1 aromatic rings. The predicted molar refractivity (Wildman–Crippen MR) is 76.7 cm³/mol. The Bertz CT molecular complexity index is 420. The lowest BCUT2D eigenvalue weighted by Crippen LogP contribution is -2.36. The zero-order valence-corrected chi connectivity index (χ0v) is 12.2. The average Bonchev–Trinajstić information content (AvgIpc) is 2.40. The number of fused-ring (bicyclic) bond motifs is 1. The number of para-hydroxylation sites is 1. The Kier molecular flexibility index (Phi) is 4.64. The van der Waals surface area contributed by atoms with Crippen molar-refractivity contribution in [3.05, 3.63) is 23.8 Å². The monoisotopic (exact) mass is 311 g/mol. The molecule has 4 heteroatoms. The molecule has 98 valence electrons. The van der Waals surface area contributed by atoms with Gasteiger partial charge in [-0.3, -0.25) is 4.79 Å². The molecule has 1 heterocycles. The molecular weight excluding hydrogens is 294 g/mol. The molecule has 1 aromatic carbocycles. The Balaban J connectivity index is 2.27. The number of benzene rings is 1. The van der Waals surface area contributed by atoms with E-state index in [1.807, 2.05) is 17.0 Å². The maximum Gasteiger partial charge on any atom is 0.227 e. The summed E-state index contributed by atoms with van der Waals surface area (Å²) in [4.78, 5) is 14.0. The zero-order valence-electron chi connectivity index (χ0n) is 10.6. The molecule has 0 bridgehead atoms. The van der Waals surface area contributed by atoms with Crippen LogP contribution in [0.2, 0.25) is 0 Å². The summed E-state index contributed by atoms with van der Waals surface area (Å²) in [5, 5.41) is 0.980. The van der Waals surface area contributed by atoms with E-state index in [1.165, 1.54) is 5.56 Å². The lowest BCUT2D eigenvalue weighted by Gasteiger charge is -2.30. The molecule has 3 nitrogen and oxygen atoms in total. The number of anilines is 1. The Morgan fingerprint density at radius 1 is 1.33 bits per heavy atom. The SMILES string of the molecule is COc1cccc2c1N(CCCCBr)C(=O)CC2. The number of alkyl halides is 1. The number of aryl methyl sites for hydroxylation is 1. The predicted octanol–water partition coefficient (Wildman–Crippen LogP) is 3.15. The fraction of sp³-hybridized carbons (Fsp3) is 0.500. The van der Waals surface area contributed by atoms with Crippen LogP contribution in [-0.4, -0.2) is 24.9 Å². The second-order valence-electron chi connectivity index (χ2n) is 4.41. The Labute approximate surface area is 116 Å². The van der Waals surface area contributed by atoms with Gasteiger partial charge in [0.15, 0.2) is 0 Å². The summed E-state index contributed by atoms with van der Waals surface area (Å²) in [5.74, 6) is 1.01. The van der Waals surface area contributed by atoms with Gasteiger partial charge in [0.2, 0.25) is 5.91 Å². The van der Waals surface area contributed by atoms with Gasteiger partial charge in [0, 0.05) is 18.3 Å². The van der Waals surface area contributed by atoms with Crippen molar-refractivity contribution in [2.24, 2.45) is 0 Å². The summed E-state index contributed by atoms with van der Waals surface area (Å²) in [6, 6.07) is 6.00. The van der Waals surface area contributed by atoms with Crippen LogP contribution in [0, 0.1) is 0 Å². The van der Waals surface area contributed by atoms with Crippen molar-refractivity contribution >= 4 is 27.5 Å². The van der Waals surface area contributed by atoms with E-state index >= 15 is 0 Å². The third-order valence-corrected chi connectivity index (χ3v) is 3.81. The maximum absolute atomic E-state index is 12.1. The highest BCUT2D eigenvalue weighted by Gasteiger charge is 2.26. The van der Waals surface area contributed by atoms with Crippen molar-refractivity contribution in [1.29, 1.82) is 0 Å². The summed E-state index contributed by atoms with van der Waals surface area (Å²) in [7, 11) is 1.66. The second kappa shape index (κ2) is 6.23. The molecule has 0 atom stereocenters. The van der Waals surface area contributed by atoms with Crippen LogP contribution in [0.4, 0.5) is 5.69 Å². The van der Waals surface area contributed by atoms with E-state index in [0.717, 1.165) is 42.6 Å². The highest BCUT2D eigenvalue weighted by atomic mass is 79.9. The van der Waals surface area contributed by atoms with Crippen LogP contribution in [0.3, 0.4) is 0 Å². The van der Waals surface area contributed by atoms with Gasteiger partial charge in [0.05, 0.1) is 12.8 Å². The van der Waals surface area contributed by atoms with Crippen LogP contribution >= 0.6 is 15.9 Å². The maximum atomic E-state index is 12.1. The summed E-state index contributed by atoms with van der Waals surface area (Å²) in [6.45, 7) is 0.776. The molecule has 1 aliphatic rings. The van der Waals surface area contributed by atoms with Gasteiger partial charge in [-0.05, 0) is 30.9 Å². The molecule has 0 fully saturated rings. The van der Waals surface area contributed by atoms with Crippen LogP contribution in [0.1, 0.15) is 24.8 Å². The number of methoxy groups -OCH3 is 1. The molecule has 0 unspecified atom stereocenters. The number of carbonyl (C=O) groups is 1. The van der Waals surface area contributed by atoms with Crippen LogP contribution < -0.4 is 9.64 Å². The summed E-state index contributed by atoms with van der Waals surface area (Å²) in [6.07, 6.45) is 3.51. The molecule has 0 aromatic heterocycles. The number of nitrogens with zero attached hydrogens (tertiary/aromatic N) is 1. The molecule has 0 saturated heterocycles. The number of ether oxygens (including phenoxy) is 1. The molecule has 0 radical (unpaired) electrons. The van der Waals surface area contributed by atoms with Crippen LogP contribution in [0.5, 0.6) is 5.75 Å². The number of halogens is 1. The second-order valence-corrected chi connectivity index (χ2v) is 5.20. The topological polar surface area (TPSA) is 29.5 Å². The van der Waals surface area contributed by atoms with Crippen molar-refractivity contribution in [2.45, 2.75) is 25.7 Å². The summed E-state index contributed by atoms with van der Waals surface area (Å²) < 4.78 is 5.39. The zero-order chi connectivity index (χ0) is 13.0. The molecule has 2 rings (SSSR count). The lowest BCUT2D eigenvalue weighted by atomic mass is 10.00. The number of hydrogen-bond acceptors (Lipinski definition) is 2. The van der Waals surface area contributed by atoms with E-state index in [0.29, 0.717) is 6.42 Å². The van der Waals surface area contributed by atoms with E-state index in [4.69, 9.17) is 4.74 Å². The smallest absolute Gasteiger partial charge is 0.227 e. The molecule has 0 spiro atoms. The highest BCUT2D eigenvalue weighted by Crippen LogP contribution is 2.36. The first-order valence-electron chi connectivity index (χ1n) is 6.30. The van der Waals surface area contributed by atoms with Crippen LogP contribution in [0.15, 0.2) is 18.2 Å². The third kappa shape index (κ3) is 2.69. The molecule has 1 amide bonds. The molecular formula is C14H18BrNO2. The van der Waals surface area contributed by atoms with E-state index in [9.17, 15) is 4.79 Å². The van der Waals surface area contributed by atoms with E-state index in [2.05, 4.69) is 22.0 Å². The molecule has 1 aliphatic heterocycles. The van der Waals surface area contributed by atoms with Crippen LogP contribution in [0.25, 0.3) is 0 Å². The number of rotatable bonds is 5. The minimum absolute atomic E-state index is 0.210. The number of amides is 1. The fourth-order valence-corrected chi connectivity index (χ4v) is 2.74. The first kappa shape index (κ1) is 13.4. The van der Waals surface area contributed by atoms with Crippen molar-refractivity contribution in [3.8, 4) is 5.75 Å². The third-order valence-electron chi connectivity index (χ3n) is 3.25. The average molecular weight is 312 g/mol. The Hall–Kier alpha value is -1.03. The minimum Gasteiger partial charge on any atom is -0.495 e. The van der Waals surface area contributed by atoms with Crippen LogP contribution in [-0.2, 0) is 11.2 Å². The van der Waals surface area contributed by atoms with Gasteiger partial charge in [0.25, 0.3) is 0 Å². The number of carbonyl (C=O) groups excluding carboxylic acids is 1. The van der Waals surface area contributed by atoms with Gasteiger partial charge in [-0.1, -0.05) is 28.1 Å². The molecule has 0 saturated carbocycles. The normalized spacial score (nSPS) is 14.6. The van der Waals surface area contributed by atoms with Gasteiger partial charge in [-0.15, -0.1) is 0 Å². The quantitative estimate of drug-likeness (QED) is 0.617. The lowest BCUT2D eigenvalue weighted by molar-refractivity contribution is -0.118. The largest absolute Gasteiger partial charge is 0.495 e. The molecule has 18 heavy (non-hydrogen) atoms. The number of unbranched alkanes of at least 4 members (excludes halogenated alkanes) is 1. The molecule has 0 N–H and O–H groups in total. The van der Waals surface area contributed by atoms with Crippen molar-refractivity contribution in [3.63, 3.8) is 0 Å². The van der Waals surface area contributed by atoms with Crippen molar-refractivity contribution in [2.75, 3.05) is 23.9 Å². The van der Waals surface area contributed by atoms with Gasteiger partial charge in [-0.25, -0.2) is 0 Å². The van der Waals surface area contributed by atoms with Crippen molar-refractivity contribution in [1.82, 2.24) is 0 Å². The highest BCUT2D eigenvalue weighted by molar-refractivity contribution is 9.09. The number of hydrogen-bond donors (Lipinski definition) is 0. The van der Waals surface area contributed by atoms with Gasteiger partial charge in [-0.2, -0.15) is 0 Å². The van der Waals surface area contributed by atoms with E-state index < -0.39 is 0 Å². The first-order chi connectivity index (χ1) is 8.77. The first-order valence-corrected chi connectivity index (χ1v) is 7.42. The Morgan fingerprint density at radius 2 is 2.17 bits per heavy atom. The molecule has 0 aliphatic carbocycles. The van der Waals surface area contributed by atoms with Gasteiger partial charge >= 0.3 is 0 Å². The van der Waals surface area contributed by atoms with E-state index in [1.54, 1.807) is 7.11 Å². The fourth-order valence-electron chi connectivity index (χ4n) is 2.34. The van der Waals surface area contributed by atoms with Gasteiger partial charge < -0.3 is 9.64 Å².